The number of rotatable bonds is 6. The number of methoxy groups -OCH3 is 1. The summed E-state index contributed by atoms with van der Waals surface area (Å²) in [6, 6.07) is 10.1. The molecule has 96 valence electrons. The van der Waals surface area contributed by atoms with E-state index in [1.165, 1.54) is 5.56 Å². The zero-order chi connectivity index (χ0) is 12.8. The predicted molar refractivity (Wildman–Crippen MR) is 71.4 cm³/mol. The van der Waals surface area contributed by atoms with Crippen molar-refractivity contribution in [2.24, 2.45) is 0 Å². The maximum absolute atomic E-state index is 5.19. The highest BCUT2D eigenvalue weighted by molar-refractivity contribution is 5.28. The molecule has 0 amide bonds. The molecule has 4 heteroatoms. The normalized spacial score (nSPS) is 10.6. The predicted octanol–water partition coefficient (Wildman–Crippen LogP) is 2.20. The molecule has 0 spiro atoms. The van der Waals surface area contributed by atoms with Crippen LogP contribution in [0.15, 0.2) is 36.5 Å². The highest BCUT2D eigenvalue weighted by Crippen LogP contribution is 2.12. The quantitative estimate of drug-likeness (QED) is 0.848. The summed E-state index contributed by atoms with van der Waals surface area (Å²) in [7, 11) is 1.68. The summed E-state index contributed by atoms with van der Waals surface area (Å²) in [5, 5.41) is 7.80. The van der Waals surface area contributed by atoms with E-state index in [9.17, 15) is 0 Å². The molecule has 0 radical (unpaired) electrons. The van der Waals surface area contributed by atoms with Crippen molar-refractivity contribution >= 4 is 0 Å². The van der Waals surface area contributed by atoms with Gasteiger partial charge in [-0.15, -0.1) is 0 Å². The van der Waals surface area contributed by atoms with E-state index < -0.39 is 0 Å². The molecule has 18 heavy (non-hydrogen) atoms. The lowest BCUT2D eigenvalue weighted by molar-refractivity contribution is 0.414. The lowest BCUT2D eigenvalue weighted by atomic mass is 10.2. The van der Waals surface area contributed by atoms with Gasteiger partial charge in [-0.25, -0.2) is 0 Å². The zero-order valence-electron chi connectivity index (χ0n) is 10.9. The van der Waals surface area contributed by atoms with E-state index in [1.807, 2.05) is 35.1 Å². The Labute approximate surface area is 108 Å². The van der Waals surface area contributed by atoms with Crippen molar-refractivity contribution in [3.63, 3.8) is 0 Å². The Morgan fingerprint density at radius 1 is 1.28 bits per heavy atom. The van der Waals surface area contributed by atoms with Gasteiger partial charge < -0.3 is 10.1 Å². The monoisotopic (exact) mass is 245 g/mol. The number of ether oxygens (including phenoxy) is 1. The molecule has 1 aromatic carbocycles. The van der Waals surface area contributed by atoms with Crippen LogP contribution < -0.4 is 10.1 Å². The van der Waals surface area contributed by atoms with Crippen molar-refractivity contribution in [3.05, 3.63) is 47.8 Å². The van der Waals surface area contributed by atoms with Crippen LogP contribution in [-0.2, 0) is 19.6 Å². The van der Waals surface area contributed by atoms with Crippen LogP contribution in [0.4, 0.5) is 0 Å². The van der Waals surface area contributed by atoms with E-state index >= 15 is 0 Å². The molecule has 0 saturated carbocycles. The topological polar surface area (TPSA) is 39.1 Å². The molecule has 0 fully saturated rings. The first-order valence-electron chi connectivity index (χ1n) is 6.18. The van der Waals surface area contributed by atoms with Crippen LogP contribution >= 0.6 is 0 Å². The molecule has 0 aliphatic rings. The minimum atomic E-state index is 0.782. The Kier molecular flexibility index (Phi) is 4.36. The Morgan fingerprint density at radius 3 is 2.89 bits per heavy atom. The van der Waals surface area contributed by atoms with Crippen molar-refractivity contribution in [1.82, 2.24) is 15.1 Å². The summed E-state index contributed by atoms with van der Waals surface area (Å²) in [6.45, 7) is 4.59. The summed E-state index contributed by atoms with van der Waals surface area (Å²) in [6.07, 6.45) is 2.00. The van der Waals surface area contributed by atoms with Gasteiger partial charge in [-0.05, 0) is 30.7 Å². The van der Waals surface area contributed by atoms with Gasteiger partial charge in [0.05, 0.1) is 12.8 Å². The summed E-state index contributed by atoms with van der Waals surface area (Å²) < 4.78 is 7.13. The number of hydrogen-bond acceptors (Lipinski definition) is 3. The third-order valence-electron chi connectivity index (χ3n) is 2.79. The molecule has 1 aromatic heterocycles. The van der Waals surface area contributed by atoms with E-state index in [4.69, 9.17) is 4.74 Å². The average Bonchev–Trinajstić information content (AvgIpc) is 2.87. The SMILES string of the molecule is CCn1ccc(CNCc2cccc(OC)c2)n1. The van der Waals surface area contributed by atoms with E-state index in [0.29, 0.717) is 0 Å². The summed E-state index contributed by atoms with van der Waals surface area (Å²) in [5.41, 5.74) is 2.28. The molecule has 0 unspecified atom stereocenters. The Hall–Kier alpha value is -1.81. The molecule has 4 nitrogen and oxygen atoms in total. The van der Waals surface area contributed by atoms with E-state index in [0.717, 1.165) is 31.1 Å². The third kappa shape index (κ3) is 3.34. The molecular weight excluding hydrogens is 226 g/mol. The molecular formula is C14H19N3O. The molecule has 1 N–H and O–H groups in total. The van der Waals surface area contributed by atoms with Crippen molar-refractivity contribution in [1.29, 1.82) is 0 Å². The minimum Gasteiger partial charge on any atom is -0.497 e. The van der Waals surface area contributed by atoms with Crippen LogP contribution in [0.25, 0.3) is 0 Å². The zero-order valence-corrected chi connectivity index (χ0v) is 10.9. The van der Waals surface area contributed by atoms with Gasteiger partial charge in [0.25, 0.3) is 0 Å². The molecule has 0 saturated heterocycles. The highest BCUT2D eigenvalue weighted by Gasteiger charge is 1.99. The summed E-state index contributed by atoms with van der Waals surface area (Å²) in [5.74, 6) is 0.893. The van der Waals surface area contributed by atoms with Crippen LogP contribution in [0.1, 0.15) is 18.2 Å². The van der Waals surface area contributed by atoms with E-state index in [-0.39, 0.29) is 0 Å². The Bertz CT molecular complexity index is 493. The second-order valence-corrected chi connectivity index (χ2v) is 4.12. The van der Waals surface area contributed by atoms with Crippen molar-refractivity contribution in [2.75, 3.05) is 7.11 Å². The van der Waals surface area contributed by atoms with E-state index in [2.05, 4.69) is 23.4 Å². The van der Waals surface area contributed by atoms with Gasteiger partial charge in [0.1, 0.15) is 5.75 Å². The maximum atomic E-state index is 5.19. The highest BCUT2D eigenvalue weighted by atomic mass is 16.5. The number of aromatic nitrogens is 2. The molecule has 2 aromatic rings. The second kappa shape index (κ2) is 6.21. The fourth-order valence-corrected chi connectivity index (χ4v) is 1.79. The summed E-state index contributed by atoms with van der Waals surface area (Å²) >= 11 is 0. The molecule has 0 bridgehead atoms. The van der Waals surface area contributed by atoms with Gasteiger partial charge in [-0.2, -0.15) is 5.10 Å². The van der Waals surface area contributed by atoms with Crippen molar-refractivity contribution < 1.29 is 4.74 Å². The number of aryl methyl sites for hydroxylation is 1. The first-order valence-corrected chi connectivity index (χ1v) is 6.18. The van der Waals surface area contributed by atoms with E-state index in [1.54, 1.807) is 7.11 Å². The molecule has 0 aliphatic heterocycles. The first-order chi connectivity index (χ1) is 8.81. The maximum Gasteiger partial charge on any atom is 0.119 e. The second-order valence-electron chi connectivity index (χ2n) is 4.12. The number of nitrogens with one attached hydrogen (secondary N) is 1. The van der Waals surface area contributed by atoms with Crippen LogP contribution in [0.5, 0.6) is 5.75 Å². The Balaban J connectivity index is 1.84. The van der Waals surface area contributed by atoms with Crippen LogP contribution in [0.2, 0.25) is 0 Å². The summed E-state index contributed by atoms with van der Waals surface area (Å²) in [4.78, 5) is 0. The van der Waals surface area contributed by atoms with Crippen molar-refractivity contribution in [2.45, 2.75) is 26.6 Å². The Morgan fingerprint density at radius 2 is 2.17 bits per heavy atom. The molecule has 1 heterocycles. The number of benzene rings is 1. The molecule has 2 rings (SSSR count). The lowest BCUT2D eigenvalue weighted by Crippen LogP contribution is -2.13. The van der Waals surface area contributed by atoms with Crippen LogP contribution in [-0.4, -0.2) is 16.9 Å². The minimum absolute atomic E-state index is 0.782. The fourth-order valence-electron chi connectivity index (χ4n) is 1.79. The first kappa shape index (κ1) is 12.6. The number of hydrogen-bond donors (Lipinski definition) is 1. The lowest BCUT2D eigenvalue weighted by Gasteiger charge is -2.05. The van der Waals surface area contributed by atoms with Crippen LogP contribution in [0.3, 0.4) is 0 Å². The third-order valence-corrected chi connectivity index (χ3v) is 2.79. The fraction of sp³-hybridized carbons (Fsp3) is 0.357. The van der Waals surface area contributed by atoms with Gasteiger partial charge in [-0.1, -0.05) is 12.1 Å². The van der Waals surface area contributed by atoms with Gasteiger partial charge in [0.15, 0.2) is 0 Å². The average molecular weight is 245 g/mol. The standard InChI is InChI=1S/C14H19N3O/c1-3-17-8-7-13(16-17)11-15-10-12-5-4-6-14(9-12)18-2/h4-9,15H,3,10-11H2,1-2H3. The van der Waals surface area contributed by atoms with Crippen molar-refractivity contribution in [3.8, 4) is 5.75 Å². The molecule has 0 aliphatic carbocycles. The number of nitrogens with zero attached hydrogens (tertiary/aromatic N) is 2. The van der Waals surface area contributed by atoms with Gasteiger partial charge in [0.2, 0.25) is 0 Å². The van der Waals surface area contributed by atoms with Crippen LogP contribution in [0, 0.1) is 0 Å². The van der Waals surface area contributed by atoms with Gasteiger partial charge >= 0.3 is 0 Å². The van der Waals surface area contributed by atoms with Gasteiger partial charge in [-0.3, -0.25) is 4.68 Å². The largest absolute Gasteiger partial charge is 0.497 e. The van der Waals surface area contributed by atoms with Gasteiger partial charge in [0, 0.05) is 25.8 Å². The smallest absolute Gasteiger partial charge is 0.119 e. The molecule has 0 atom stereocenters.